The van der Waals surface area contributed by atoms with Crippen LogP contribution in [0, 0.1) is 5.92 Å². The minimum atomic E-state index is 0.401. The van der Waals surface area contributed by atoms with Gasteiger partial charge in [-0.05, 0) is 42.0 Å². The van der Waals surface area contributed by atoms with Gasteiger partial charge in [0.15, 0.2) is 11.5 Å². The molecule has 29 heavy (non-hydrogen) atoms. The second-order valence-electron chi connectivity index (χ2n) is 7.87. The summed E-state index contributed by atoms with van der Waals surface area (Å²) in [7, 11) is 1.72. The Kier molecular flexibility index (Phi) is 7.04. The summed E-state index contributed by atoms with van der Waals surface area (Å²) in [6.07, 6.45) is 2.23. The molecule has 0 amide bonds. The summed E-state index contributed by atoms with van der Waals surface area (Å²) in [4.78, 5) is 2.63. The molecule has 0 bridgehead atoms. The van der Waals surface area contributed by atoms with Gasteiger partial charge in [-0.15, -0.1) is 0 Å². The van der Waals surface area contributed by atoms with Gasteiger partial charge in [0.05, 0.1) is 7.11 Å². The first-order chi connectivity index (χ1) is 14.3. The molecule has 0 unspecified atom stereocenters. The lowest BCUT2D eigenvalue weighted by Crippen LogP contribution is -2.47. The standard InChI is InChI=1S/C24H32N2O3/c1-27-23-17-21(7-8-22(23)29-18-19-5-3-2-4-6-19)24(20-9-15-28-16-10-20)26-13-11-25-12-14-26/h2-8,17,20,24-25H,9-16,18H2,1H3/t24-/m0/s1. The number of rotatable bonds is 7. The molecule has 2 aliphatic rings. The van der Waals surface area contributed by atoms with Crippen LogP contribution in [-0.4, -0.2) is 51.4 Å². The number of piperazine rings is 1. The fourth-order valence-corrected chi connectivity index (χ4v) is 4.50. The number of nitrogens with one attached hydrogen (secondary N) is 1. The zero-order chi connectivity index (χ0) is 19.9. The van der Waals surface area contributed by atoms with Crippen LogP contribution in [0.3, 0.4) is 0 Å². The Morgan fingerprint density at radius 3 is 2.52 bits per heavy atom. The van der Waals surface area contributed by atoms with Crippen LogP contribution in [0.25, 0.3) is 0 Å². The first-order valence-corrected chi connectivity index (χ1v) is 10.7. The molecule has 1 atom stereocenters. The van der Waals surface area contributed by atoms with Crippen molar-refractivity contribution in [1.29, 1.82) is 0 Å². The summed E-state index contributed by atoms with van der Waals surface area (Å²) >= 11 is 0. The van der Waals surface area contributed by atoms with Gasteiger partial charge in [0.2, 0.25) is 0 Å². The van der Waals surface area contributed by atoms with Crippen LogP contribution in [-0.2, 0) is 11.3 Å². The predicted octanol–water partition coefficient (Wildman–Crippen LogP) is 3.65. The van der Waals surface area contributed by atoms with E-state index < -0.39 is 0 Å². The third-order valence-electron chi connectivity index (χ3n) is 6.02. The smallest absolute Gasteiger partial charge is 0.161 e. The highest BCUT2D eigenvalue weighted by Crippen LogP contribution is 2.39. The number of hydrogen-bond acceptors (Lipinski definition) is 5. The van der Waals surface area contributed by atoms with Crippen LogP contribution < -0.4 is 14.8 Å². The van der Waals surface area contributed by atoms with Crippen LogP contribution in [0.5, 0.6) is 11.5 Å². The number of ether oxygens (including phenoxy) is 3. The van der Waals surface area contributed by atoms with Crippen molar-refractivity contribution < 1.29 is 14.2 Å². The summed E-state index contributed by atoms with van der Waals surface area (Å²) in [6.45, 7) is 6.53. The van der Waals surface area contributed by atoms with Gasteiger partial charge >= 0.3 is 0 Å². The van der Waals surface area contributed by atoms with Crippen molar-refractivity contribution in [3.05, 3.63) is 59.7 Å². The molecule has 0 aromatic heterocycles. The molecule has 5 heteroatoms. The van der Waals surface area contributed by atoms with Gasteiger partial charge in [0.25, 0.3) is 0 Å². The predicted molar refractivity (Wildman–Crippen MR) is 114 cm³/mol. The van der Waals surface area contributed by atoms with Crippen LogP contribution in [0.2, 0.25) is 0 Å². The Balaban J connectivity index is 1.55. The average Bonchev–Trinajstić information content (AvgIpc) is 2.80. The summed E-state index contributed by atoms with van der Waals surface area (Å²) in [6, 6.07) is 17.1. The van der Waals surface area contributed by atoms with E-state index in [1.54, 1.807) is 7.11 Å². The fraction of sp³-hybridized carbons (Fsp3) is 0.500. The summed E-state index contributed by atoms with van der Waals surface area (Å²) < 4.78 is 17.4. The first kappa shape index (κ1) is 20.2. The number of hydrogen-bond donors (Lipinski definition) is 1. The van der Waals surface area contributed by atoms with Crippen molar-refractivity contribution in [2.24, 2.45) is 5.92 Å². The molecule has 4 rings (SSSR count). The molecule has 2 fully saturated rings. The summed E-state index contributed by atoms with van der Waals surface area (Å²) in [5.41, 5.74) is 2.47. The zero-order valence-corrected chi connectivity index (χ0v) is 17.3. The SMILES string of the molecule is COc1cc([C@H](C2CCOCC2)N2CCNCC2)ccc1OCc1ccccc1. The van der Waals surface area contributed by atoms with Gasteiger partial charge in [0, 0.05) is 45.4 Å². The Morgan fingerprint density at radius 2 is 1.79 bits per heavy atom. The quantitative estimate of drug-likeness (QED) is 0.774. The van der Waals surface area contributed by atoms with E-state index in [4.69, 9.17) is 14.2 Å². The maximum atomic E-state index is 6.07. The highest BCUT2D eigenvalue weighted by Gasteiger charge is 2.31. The largest absolute Gasteiger partial charge is 0.493 e. The molecule has 0 aliphatic carbocycles. The monoisotopic (exact) mass is 396 g/mol. The minimum absolute atomic E-state index is 0.401. The molecule has 2 saturated heterocycles. The van der Waals surface area contributed by atoms with E-state index in [1.807, 2.05) is 18.2 Å². The lowest BCUT2D eigenvalue weighted by molar-refractivity contribution is 0.0212. The molecule has 2 heterocycles. The van der Waals surface area contributed by atoms with Gasteiger partial charge in [0.1, 0.15) is 6.61 Å². The number of nitrogens with zero attached hydrogens (tertiary/aromatic N) is 1. The van der Waals surface area contributed by atoms with E-state index >= 15 is 0 Å². The topological polar surface area (TPSA) is 43.0 Å². The molecule has 0 radical (unpaired) electrons. The van der Waals surface area contributed by atoms with Crippen molar-refractivity contribution in [2.45, 2.75) is 25.5 Å². The second-order valence-corrected chi connectivity index (χ2v) is 7.87. The molecule has 156 valence electrons. The van der Waals surface area contributed by atoms with Gasteiger partial charge < -0.3 is 19.5 Å². The maximum absolute atomic E-state index is 6.07. The van der Waals surface area contributed by atoms with Crippen molar-refractivity contribution in [2.75, 3.05) is 46.5 Å². The van der Waals surface area contributed by atoms with E-state index in [0.29, 0.717) is 18.6 Å². The molecule has 1 N–H and O–H groups in total. The van der Waals surface area contributed by atoms with E-state index in [2.05, 4.69) is 40.5 Å². The lowest BCUT2D eigenvalue weighted by atomic mass is 9.85. The van der Waals surface area contributed by atoms with E-state index in [-0.39, 0.29) is 0 Å². The van der Waals surface area contributed by atoms with Gasteiger partial charge in [-0.25, -0.2) is 0 Å². The Bertz CT molecular complexity index is 738. The Hall–Kier alpha value is -2.08. The molecule has 0 spiro atoms. The van der Waals surface area contributed by atoms with E-state index in [9.17, 15) is 0 Å². The lowest BCUT2D eigenvalue weighted by Gasteiger charge is -2.41. The number of methoxy groups -OCH3 is 1. The second kappa shape index (κ2) is 10.1. The van der Waals surface area contributed by atoms with Crippen LogP contribution >= 0.6 is 0 Å². The van der Waals surface area contributed by atoms with Crippen molar-refractivity contribution >= 4 is 0 Å². The van der Waals surface area contributed by atoms with Crippen LogP contribution in [0.15, 0.2) is 48.5 Å². The van der Waals surface area contributed by atoms with Gasteiger partial charge in [-0.1, -0.05) is 36.4 Å². The highest BCUT2D eigenvalue weighted by atomic mass is 16.5. The van der Waals surface area contributed by atoms with Gasteiger partial charge in [-0.2, -0.15) is 0 Å². The molecule has 2 aromatic rings. The van der Waals surface area contributed by atoms with Crippen LogP contribution in [0.1, 0.15) is 30.0 Å². The van der Waals surface area contributed by atoms with Gasteiger partial charge in [-0.3, -0.25) is 4.90 Å². The minimum Gasteiger partial charge on any atom is -0.493 e. The fourth-order valence-electron chi connectivity index (χ4n) is 4.50. The Labute approximate surface area is 174 Å². The third kappa shape index (κ3) is 5.10. The molecular formula is C24H32N2O3. The third-order valence-corrected chi connectivity index (χ3v) is 6.02. The molecular weight excluding hydrogens is 364 g/mol. The first-order valence-electron chi connectivity index (χ1n) is 10.7. The highest BCUT2D eigenvalue weighted by molar-refractivity contribution is 5.44. The van der Waals surface area contributed by atoms with Crippen LogP contribution in [0.4, 0.5) is 0 Å². The summed E-state index contributed by atoms with van der Waals surface area (Å²) in [5.74, 6) is 2.22. The number of benzene rings is 2. The molecule has 0 saturated carbocycles. The van der Waals surface area contributed by atoms with E-state index in [0.717, 1.165) is 69.3 Å². The van der Waals surface area contributed by atoms with Crippen molar-refractivity contribution in [3.8, 4) is 11.5 Å². The maximum Gasteiger partial charge on any atom is 0.161 e. The molecule has 5 nitrogen and oxygen atoms in total. The van der Waals surface area contributed by atoms with Crippen molar-refractivity contribution in [1.82, 2.24) is 10.2 Å². The summed E-state index contributed by atoms with van der Waals surface area (Å²) in [5, 5.41) is 3.48. The normalized spacial score (nSPS) is 19.6. The molecule has 2 aromatic carbocycles. The molecule has 2 aliphatic heterocycles. The zero-order valence-electron chi connectivity index (χ0n) is 17.3. The van der Waals surface area contributed by atoms with E-state index in [1.165, 1.54) is 5.56 Å². The van der Waals surface area contributed by atoms with Crippen molar-refractivity contribution in [3.63, 3.8) is 0 Å². The Morgan fingerprint density at radius 1 is 1.03 bits per heavy atom. The average molecular weight is 397 g/mol.